The van der Waals surface area contributed by atoms with Crippen LogP contribution in [0.3, 0.4) is 0 Å². The molecule has 0 fully saturated rings. The Balaban J connectivity index is 1.72. The van der Waals surface area contributed by atoms with Crippen molar-refractivity contribution >= 4 is 11.6 Å². The van der Waals surface area contributed by atoms with Crippen LogP contribution in [0.15, 0.2) is 78.9 Å². The van der Waals surface area contributed by atoms with E-state index in [0.29, 0.717) is 22.8 Å². The molecule has 1 aromatic heterocycles. The Hall–Kier alpha value is -4.00. The molecule has 0 radical (unpaired) electrons. The van der Waals surface area contributed by atoms with Crippen molar-refractivity contribution < 1.29 is 13.9 Å². The molecule has 1 amide bonds. The van der Waals surface area contributed by atoms with Gasteiger partial charge in [-0.2, -0.15) is 0 Å². The molecule has 0 unspecified atom stereocenters. The number of carbonyl (C=O) groups excluding carboxylic acids is 1. The molecule has 0 spiro atoms. The highest BCUT2D eigenvalue weighted by Gasteiger charge is 2.19. The van der Waals surface area contributed by atoms with Crippen molar-refractivity contribution in [3.05, 3.63) is 90.5 Å². The Morgan fingerprint density at radius 1 is 1.00 bits per heavy atom. The first kappa shape index (κ1) is 18.4. The molecule has 0 atom stereocenters. The normalized spacial score (nSPS) is 10.6. The maximum atomic E-state index is 13.3. The molecule has 1 N–H and O–H groups in total. The fourth-order valence-corrected chi connectivity index (χ4v) is 2.83. The van der Waals surface area contributed by atoms with Gasteiger partial charge < -0.3 is 10.1 Å². The predicted molar refractivity (Wildman–Crippen MR) is 108 cm³/mol. The summed E-state index contributed by atoms with van der Waals surface area (Å²) in [5.41, 5.74) is 1.94. The van der Waals surface area contributed by atoms with Crippen LogP contribution in [-0.2, 0) is 0 Å². The van der Waals surface area contributed by atoms with E-state index in [1.807, 2.05) is 30.3 Å². The highest BCUT2D eigenvalue weighted by Crippen LogP contribution is 2.22. The summed E-state index contributed by atoms with van der Waals surface area (Å²) in [4.78, 5) is 17.2. The molecule has 6 nitrogen and oxygen atoms in total. The largest absolute Gasteiger partial charge is 0.497 e. The summed E-state index contributed by atoms with van der Waals surface area (Å²) in [6.45, 7) is 0. The van der Waals surface area contributed by atoms with Crippen LogP contribution in [0.5, 0.6) is 5.75 Å². The van der Waals surface area contributed by atoms with Gasteiger partial charge in [-0.25, -0.2) is 14.1 Å². The zero-order valence-electron chi connectivity index (χ0n) is 15.5. The Bertz CT molecular complexity index is 1140. The van der Waals surface area contributed by atoms with E-state index in [1.54, 1.807) is 48.2 Å². The van der Waals surface area contributed by atoms with E-state index < -0.39 is 5.91 Å². The van der Waals surface area contributed by atoms with Crippen LogP contribution in [-0.4, -0.2) is 27.8 Å². The third kappa shape index (κ3) is 3.98. The Morgan fingerprint density at radius 2 is 1.76 bits per heavy atom. The van der Waals surface area contributed by atoms with Crippen molar-refractivity contribution in [2.24, 2.45) is 0 Å². The number of benzene rings is 3. The number of hydrogen-bond acceptors (Lipinski definition) is 4. The molecule has 0 aliphatic carbocycles. The molecule has 4 aromatic rings. The molecular weight excluding hydrogens is 371 g/mol. The standard InChI is InChI=1S/C22H17FN4O2/c1-29-19-9-5-6-17(14-19)24-22(28)20-25-21(15-10-12-16(23)13-11-15)27(26-20)18-7-3-2-4-8-18/h2-14H,1H3,(H,24,28). The van der Waals surface area contributed by atoms with Crippen molar-refractivity contribution in [3.63, 3.8) is 0 Å². The summed E-state index contributed by atoms with van der Waals surface area (Å²) in [6.07, 6.45) is 0. The number of amides is 1. The minimum Gasteiger partial charge on any atom is -0.497 e. The van der Waals surface area contributed by atoms with Gasteiger partial charge in [-0.15, -0.1) is 5.10 Å². The molecule has 29 heavy (non-hydrogen) atoms. The topological polar surface area (TPSA) is 69.0 Å². The van der Waals surface area contributed by atoms with Crippen LogP contribution in [0.2, 0.25) is 0 Å². The zero-order chi connectivity index (χ0) is 20.2. The minimum atomic E-state index is -0.462. The lowest BCUT2D eigenvalue weighted by atomic mass is 10.2. The lowest BCUT2D eigenvalue weighted by Gasteiger charge is -2.05. The van der Waals surface area contributed by atoms with Crippen molar-refractivity contribution in [2.45, 2.75) is 0 Å². The van der Waals surface area contributed by atoms with Gasteiger partial charge in [-0.05, 0) is 48.5 Å². The number of nitrogens with one attached hydrogen (secondary N) is 1. The number of nitrogens with zero attached hydrogens (tertiary/aromatic N) is 3. The first-order valence-corrected chi connectivity index (χ1v) is 8.88. The summed E-state index contributed by atoms with van der Waals surface area (Å²) >= 11 is 0. The third-order valence-electron chi connectivity index (χ3n) is 4.24. The molecule has 144 valence electrons. The third-order valence-corrected chi connectivity index (χ3v) is 4.24. The van der Waals surface area contributed by atoms with E-state index in [-0.39, 0.29) is 11.6 Å². The van der Waals surface area contributed by atoms with Gasteiger partial charge in [-0.1, -0.05) is 24.3 Å². The molecule has 4 rings (SSSR count). The van der Waals surface area contributed by atoms with Crippen LogP contribution in [0, 0.1) is 5.82 Å². The second-order valence-electron chi connectivity index (χ2n) is 6.20. The number of ether oxygens (including phenoxy) is 1. The second kappa shape index (κ2) is 7.93. The first-order chi connectivity index (χ1) is 14.1. The van der Waals surface area contributed by atoms with Gasteiger partial charge in [0.1, 0.15) is 11.6 Å². The second-order valence-corrected chi connectivity index (χ2v) is 6.20. The molecule has 0 aliphatic heterocycles. The van der Waals surface area contributed by atoms with Gasteiger partial charge in [0.15, 0.2) is 5.82 Å². The van der Waals surface area contributed by atoms with Gasteiger partial charge in [0.25, 0.3) is 5.91 Å². The average molecular weight is 388 g/mol. The molecule has 1 heterocycles. The van der Waals surface area contributed by atoms with Gasteiger partial charge in [-0.3, -0.25) is 4.79 Å². The van der Waals surface area contributed by atoms with E-state index in [1.165, 1.54) is 12.1 Å². The monoisotopic (exact) mass is 388 g/mol. The number of methoxy groups -OCH3 is 1. The first-order valence-electron chi connectivity index (χ1n) is 8.88. The molecule has 0 aliphatic rings. The van der Waals surface area contributed by atoms with Crippen LogP contribution < -0.4 is 10.1 Å². The Morgan fingerprint density at radius 3 is 2.48 bits per heavy atom. The summed E-state index contributed by atoms with van der Waals surface area (Å²) in [6, 6.07) is 22.2. The molecule has 7 heteroatoms. The van der Waals surface area contributed by atoms with Gasteiger partial charge in [0.2, 0.25) is 5.82 Å². The Kier molecular flexibility index (Phi) is 5.03. The van der Waals surface area contributed by atoms with Crippen molar-refractivity contribution in [2.75, 3.05) is 12.4 Å². The fourth-order valence-electron chi connectivity index (χ4n) is 2.83. The maximum absolute atomic E-state index is 13.3. The van der Waals surface area contributed by atoms with Crippen LogP contribution in [0.25, 0.3) is 17.1 Å². The number of rotatable bonds is 5. The van der Waals surface area contributed by atoms with Crippen LogP contribution in [0.1, 0.15) is 10.6 Å². The lowest BCUT2D eigenvalue weighted by molar-refractivity contribution is 0.101. The molecule has 3 aromatic carbocycles. The van der Waals surface area contributed by atoms with E-state index >= 15 is 0 Å². The summed E-state index contributed by atoms with van der Waals surface area (Å²) in [7, 11) is 1.55. The lowest BCUT2D eigenvalue weighted by Crippen LogP contribution is -2.14. The quantitative estimate of drug-likeness (QED) is 0.552. The summed E-state index contributed by atoms with van der Waals surface area (Å²) in [5.74, 6) is 0.243. The van der Waals surface area contributed by atoms with Crippen LogP contribution in [0.4, 0.5) is 10.1 Å². The van der Waals surface area contributed by atoms with Crippen molar-refractivity contribution in [3.8, 4) is 22.8 Å². The molecule has 0 saturated heterocycles. The number of aromatic nitrogens is 3. The maximum Gasteiger partial charge on any atom is 0.295 e. The smallest absolute Gasteiger partial charge is 0.295 e. The van der Waals surface area contributed by atoms with E-state index in [2.05, 4.69) is 15.4 Å². The van der Waals surface area contributed by atoms with E-state index in [4.69, 9.17) is 4.74 Å². The average Bonchev–Trinajstić information content (AvgIpc) is 3.21. The highest BCUT2D eigenvalue weighted by atomic mass is 19.1. The van der Waals surface area contributed by atoms with Gasteiger partial charge in [0.05, 0.1) is 12.8 Å². The van der Waals surface area contributed by atoms with Gasteiger partial charge in [0, 0.05) is 17.3 Å². The van der Waals surface area contributed by atoms with E-state index in [0.717, 1.165) is 5.69 Å². The van der Waals surface area contributed by atoms with Gasteiger partial charge >= 0.3 is 0 Å². The van der Waals surface area contributed by atoms with Crippen molar-refractivity contribution in [1.82, 2.24) is 14.8 Å². The van der Waals surface area contributed by atoms with Crippen molar-refractivity contribution in [1.29, 1.82) is 0 Å². The summed E-state index contributed by atoms with van der Waals surface area (Å²) < 4.78 is 20.1. The van der Waals surface area contributed by atoms with Crippen LogP contribution >= 0.6 is 0 Å². The van der Waals surface area contributed by atoms with E-state index in [9.17, 15) is 9.18 Å². The molecule has 0 saturated carbocycles. The SMILES string of the molecule is COc1cccc(NC(=O)c2nc(-c3ccc(F)cc3)n(-c3ccccc3)n2)c1. The molecule has 0 bridgehead atoms. The number of anilines is 1. The predicted octanol–water partition coefficient (Wildman–Crippen LogP) is 4.33. The minimum absolute atomic E-state index is 0.00371. The highest BCUT2D eigenvalue weighted by molar-refractivity contribution is 6.01. The fraction of sp³-hybridized carbons (Fsp3) is 0.0455. The number of para-hydroxylation sites is 1. The number of hydrogen-bond donors (Lipinski definition) is 1. The Labute approximate surface area is 166 Å². The molecular formula is C22H17FN4O2. The number of carbonyl (C=O) groups is 1. The zero-order valence-corrected chi connectivity index (χ0v) is 15.5. The summed E-state index contributed by atoms with van der Waals surface area (Å²) in [5, 5.41) is 7.15. The number of halogens is 1.